The molecular weight excluding hydrogens is 226 g/mol. The van der Waals surface area contributed by atoms with Crippen molar-refractivity contribution in [2.75, 3.05) is 13.7 Å². The van der Waals surface area contributed by atoms with Crippen LogP contribution in [0.2, 0.25) is 0 Å². The minimum atomic E-state index is -0.303. The molecule has 1 atom stereocenters. The zero-order valence-corrected chi connectivity index (χ0v) is 11.6. The third-order valence-electron chi connectivity index (χ3n) is 3.97. The van der Waals surface area contributed by atoms with Gasteiger partial charge in [-0.1, -0.05) is 24.5 Å². The van der Waals surface area contributed by atoms with Crippen molar-refractivity contribution in [3.05, 3.63) is 23.5 Å². The van der Waals surface area contributed by atoms with Crippen LogP contribution in [0.1, 0.15) is 45.4 Å². The van der Waals surface area contributed by atoms with Crippen LogP contribution in [0.15, 0.2) is 23.5 Å². The fourth-order valence-electron chi connectivity index (χ4n) is 3.06. The van der Waals surface area contributed by atoms with Crippen LogP contribution in [-0.2, 0) is 9.47 Å². The Kier molecular flexibility index (Phi) is 4.46. The molecule has 0 aromatic carbocycles. The van der Waals surface area contributed by atoms with Crippen LogP contribution in [0.4, 0.5) is 0 Å². The van der Waals surface area contributed by atoms with Gasteiger partial charge in [0.2, 0.25) is 0 Å². The molecule has 1 unspecified atom stereocenters. The van der Waals surface area contributed by atoms with Crippen molar-refractivity contribution in [1.29, 1.82) is 0 Å². The molecule has 0 spiro atoms. The fourth-order valence-corrected chi connectivity index (χ4v) is 3.06. The molecule has 3 nitrogen and oxygen atoms in total. The molecule has 0 aromatic rings. The molecule has 0 radical (unpaired) electrons. The monoisotopic (exact) mass is 251 g/mol. The lowest BCUT2D eigenvalue weighted by Crippen LogP contribution is -2.37. The summed E-state index contributed by atoms with van der Waals surface area (Å²) in [6.07, 6.45) is 11.4. The van der Waals surface area contributed by atoms with Crippen LogP contribution >= 0.6 is 0 Å². The highest BCUT2D eigenvalue weighted by Crippen LogP contribution is 2.37. The number of methoxy groups -OCH3 is 1. The van der Waals surface area contributed by atoms with E-state index in [1.807, 2.05) is 6.08 Å². The Balaban J connectivity index is 2.08. The Bertz CT molecular complexity index is 342. The first kappa shape index (κ1) is 13.6. The van der Waals surface area contributed by atoms with E-state index in [-0.39, 0.29) is 5.60 Å². The summed E-state index contributed by atoms with van der Waals surface area (Å²) in [4.78, 5) is 0. The summed E-state index contributed by atoms with van der Waals surface area (Å²) in [5.74, 6) is 0.940. The predicted octanol–water partition coefficient (Wildman–Crippen LogP) is 2.91. The lowest BCUT2D eigenvalue weighted by Gasteiger charge is -2.36. The molecule has 2 aliphatic carbocycles. The molecule has 2 aliphatic rings. The van der Waals surface area contributed by atoms with Gasteiger partial charge in [0, 0.05) is 6.42 Å². The average Bonchev–Trinajstić information content (AvgIpc) is 2.82. The molecule has 0 saturated heterocycles. The maximum Gasteiger partial charge on any atom is 0.127 e. The average molecular weight is 251 g/mol. The summed E-state index contributed by atoms with van der Waals surface area (Å²) in [5, 5.41) is 0. The van der Waals surface area contributed by atoms with Crippen molar-refractivity contribution < 1.29 is 9.47 Å². The van der Waals surface area contributed by atoms with E-state index in [1.165, 1.54) is 31.3 Å². The SMILES string of the molecule is COC1=CC=C(CCN)CC1(C)OC1CCCC1. The summed E-state index contributed by atoms with van der Waals surface area (Å²) in [5.41, 5.74) is 6.70. The van der Waals surface area contributed by atoms with Crippen molar-refractivity contribution in [3.8, 4) is 0 Å². The minimum Gasteiger partial charge on any atom is -0.498 e. The number of hydrogen-bond acceptors (Lipinski definition) is 3. The quantitative estimate of drug-likeness (QED) is 0.817. The lowest BCUT2D eigenvalue weighted by molar-refractivity contribution is -0.0821. The molecular formula is C15H25NO2. The van der Waals surface area contributed by atoms with Gasteiger partial charge >= 0.3 is 0 Å². The largest absolute Gasteiger partial charge is 0.498 e. The summed E-state index contributed by atoms with van der Waals surface area (Å²) in [6.45, 7) is 2.84. The van der Waals surface area contributed by atoms with Gasteiger partial charge in [-0.2, -0.15) is 0 Å². The highest BCUT2D eigenvalue weighted by Gasteiger charge is 2.37. The molecule has 1 fully saturated rings. The van der Waals surface area contributed by atoms with Gasteiger partial charge in [0.25, 0.3) is 0 Å². The normalized spacial score (nSPS) is 29.1. The predicted molar refractivity (Wildman–Crippen MR) is 73.2 cm³/mol. The minimum absolute atomic E-state index is 0.303. The first-order valence-electron chi connectivity index (χ1n) is 7.00. The van der Waals surface area contributed by atoms with Crippen molar-refractivity contribution in [2.45, 2.75) is 57.2 Å². The highest BCUT2D eigenvalue weighted by molar-refractivity contribution is 5.29. The van der Waals surface area contributed by atoms with Gasteiger partial charge in [-0.15, -0.1) is 0 Å². The van der Waals surface area contributed by atoms with Crippen LogP contribution < -0.4 is 5.73 Å². The van der Waals surface area contributed by atoms with E-state index in [2.05, 4.69) is 13.0 Å². The first-order valence-corrected chi connectivity index (χ1v) is 7.00. The van der Waals surface area contributed by atoms with Gasteiger partial charge in [-0.25, -0.2) is 0 Å². The van der Waals surface area contributed by atoms with E-state index in [0.717, 1.165) is 18.6 Å². The number of ether oxygens (including phenoxy) is 2. The lowest BCUT2D eigenvalue weighted by atomic mass is 9.87. The third-order valence-corrected chi connectivity index (χ3v) is 3.97. The van der Waals surface area contributed by atoms with Crippen LogP contribution in [0.25, 0.3) is 0 Å². The maximum absolute atomic E-state index is 6.34. The molecule has 0 aromatic heterocycles. The molecule has 0 heterocycles. The molecule has 102 valence electrons. The summed E-state index contributed by atoms with van der Waals surface area (Å²) in [7, 11) is 1.73. The van der Waals surface area contributed by atoms with Gasteiger partial charge in [0.1, 0.15) is 11.4 Å². The van der Waals surface area contributed by atoms with Gasteiger partial charge in [-0.3, -0.25) is 0 Å². The third kappa shape index (κ3) is 2.96. The maximum atomic E-state index is 6.34. The molecule has 2 rings (SSSR count). The van der Waals surface area contributed by atoms with E-state index in [1.54, 1.807) is 7.11 Å². The fraction of sp³-hybridized carbons (Fsp3) is 0.733. The van der Waals surface area contributed by atoms with E-state index < -0.39 is 0 Å². The number of nitrogens with two attached hydrogens (primary N) is 1. The Morgan fingerprint density at radius 3 is 2.67 bits per heavy atom. The van der Waals surface area contributed by atoms with Crippen molar-refractivity contribution in [1.82, 2.24) is 0 Å². The van der Waals surface area contributed by atoms with E-state index in [9.17, 15) is 0 Å². The van der Waals surface area contributed by atoms with Crippen LogP contribution in [0.5, 0.6) is 0 Å². The van der Waals surface area contributed by atoms with Crippen molar-refractivity contribution in [3.63, 3.8) is 0 Å². The zero-order valence-electron chi connectivity index (χ0n) is 11.6. The molecule has 18 heavy (non-hydrogen) atoms. The first-order chi connectivity index (χ1) is 8.68. The Morgan fingerprint density at radius 2 is 2.06 bits per heavy atom. The van der Waals surface area contributed by atoms with E-state index in [4.69, 9.17) is 15.2 Å². The topological polar surface area (TPSA) is 44.5 Å². The number of rotatable bonds is 5. The van der Waals surface area contributed by atoms with Crippen LogP contribution in [0, 0.1) is 0 Å². The highest BCUT2D eigenvalue weighted by atomic mass is 16.5. The second-order valence-electron chi connectivity index (χ2n) is 5.53. The standard InChI is InChI=1S/C15H25NO2/c1-15(18-13-5-3-4-6-13)11-12(9-10-16)7-8-14(15)17-2/h7-8,13H,3-6,9-11,16H2,1-2H3. The van der Waals surface area contributed by atoms with Gasteiger partial charge in [0.15, 0.2) is 0 Å². The molecule has 1 saturated carbocycles. The summed E-state index contributed by atoms with van der Waals surface area (Å²) in [6, 6.07) is 0. The van der Waals surface area contributed by atoms with Gasteiger partial charge in [-0.05, 0) is 38.8 Å². The Labute approximate surface area is 110 Å². The van der Waals surface area contributed by atoms with Crippen LogP contribution in [0.3, 0.4) is 0 Å². The molecule has 3 heteroatoms. The second kappa shape index (κ2) is 5.89. The smallest absolute Gasteiger partial charge is 0.127 e. The van der Waals surface area contributed by atoms with Gasteiger partial charge < -0.3 is 15.2 Å². The number of hydrogen-bond donors (Lipinski definition) is 1. The Morgan fingerprint density at radius 1 is 1.33 bits per heavy atom. The second-order valence-corrected chi connectivity index (χ2v) is 5.53. The van der Waals surface area contributed by atoms with Crippen molar-refractivity contribution >= 4 is 0 Å². The van der Waals surface area contributed by atoms with Crippen LogP contribution in [-0.4, -0.2) is 25.4 Å². The Hall–Kier alpha value is -0.800. The summed E-state index contributed by atoms with van der Waals surface area (Å²) < 4.78 is 11.8. The van der Waals surface area contributed by atoms with Gasteiger partial charge in [0.05, 0.1) is 13.2 Å². The molecule has 0 aliphatic heterocycles. The molecule has 2 N–H and O–H groups in total. The summed E-state index contributed by atoms with van der Waals surface area (Å²) >= 11 is 0. The molecule has 0 amide bonds. The van der Waals surface area contributed by atoms with E-state index in [0.29, 0.717) is 12.6 Å². The zero-order chi connectivity index (χ0) is 13.0. The molecule has 0 bridgehead atoms. The van der Waals surface area contributed by atoms with E-state index >= 15 is 0 Å². The van der Waals surface area contributed by atoms with Crippen molar-refractivity contribution in [2.24, 2.45) is 5.73 Å². The number of allylic oxidation sites excluding steroid dienone is 2.